The molecule has 1 aromatic heterocycles. The summed E-state index contributed by atoms with van der Waals surface area (Å²) in [5.41, 5.74) is 4.06. The molecule has 1 heterocycles. The van der Waals surface area contributed by atoms with E-state index in [-0.39, 0.29) is 17.7 Å². The molecule has 0 spiro atoms. The number of carbonyl (C=O) groups excluding carboxylic acids is 1. The van der Waals surface area contributed by atoms with Crippen LogP contribution in [0.2, 0.25) is 0 Å². The molecule has 1 amide bonds. The second-order valence-electron chi connectivity index (χ2n) is 6.04. The summed E-state index contributed by atoms with van der Waals surface area (Å²) >= 11 is 0. The van der Waals surface area contributed by atoms with E-state index in [1.807, 2.05) is 25.1 Å². The highest BCUT2D eigenvalue weighted by Gasteiger charge is 2.18. The summed E-state index contributed by atoms with van der Waals surface area (Å²) in [6.45, 7) is 6.08. The quantitative estimate of drug-likeness (QED) is 0.766. The van der Waals surface area contributed by atoms with Gasteiger partial charge in [-0.1, -0.05) is 35.9 Å². The molecule has 4 heteroatoms. The van der Waals surface area contributed by atoms with Gasteiger partial charge in [-0.15, -0.1) is 0 Å². The van der Waals surface area contributed by atoms with Crippen LogP contribution in [0.5, 0.6) is 5.75 Å². The van der Waals surface area contributed by atoms with Crippen molar-refractivity contribution in [1.29, 1.82) is 0 Å². The van der Waals surface area contributed by atoms with Crippen LogP contribution in [0, 0.1) is 13.8 Å². The van der Waals surface area contributed by atoms with E-state index in [2.05, 4.69) is 37.4 Å². The molecule has 0 fully saturated rings. The molecule has 124 valence electrons. The first-order valence-corrected chi connectivity index (χ1v) is 7.94. The zero-order chi connectivity index (χ0) is 17.3. The van der Waals surface area contributed by atoms with E-state index < -0.39 is 0 Å². The summed E-state index contributed by atoms with van der Waals surface area (Å²) in [5, 5.41) is 3.84. The molecule has 4 nitrogen and oxygen atoms in total. The van der Waals surface area contributed by atoms with E-state index >= 15 is 0 Å². The molecule has 0 aliphatic carbocycles. The minimum atomic E-state index is -0.235. The van der Waals surface area contributed by atoms with Crippen LogP contribution in [0.15, 0.2) is 46.9 Å². The lowest BCUT2D eigenvalue weighted by molar-refractivity contribution is 0.0914. The predicted molar refractivity (Wildman–Crippen MR) is 94.6 cm³/mol. The molecule has 0 unspecified atom stereocenters. The number of hydrogen-bond acceptors (Lipinski definition) is 3. The number of methoxy groups -OCH3 is 1. The summed E-state index contributed by atoms with van der Waals surface area (Å²) in [6, 6.07) is 13.4. The van der Waals surface area contributed by atoms with Gasteiger partial charge in [-0.3, -0.25) is 4.79 Å². The third-order valence-corrected chi connectivity index (χ3v) is 4.19. The van der Waals surface area contributed by atoms with Crippen molar-refractivity contribution >= 4 is 16.9 Å². The third-order valence-electron chi connectivity index (χ3n) is 4.19. The van der Waals surface area contributed by atoms with Crippen LogP contribution in [0.1, 0.15) is 40.2 Å². The number of rotatable bonds is 4. The maximum absolute atomic E-state index is 12.5. The Morgan fingerprint density at radius 3 is 2.67 bits per heavy atom. The van der Waals surface area contributed by atoms with Crippen molar-refractivity contribution < 1.29 is 13.9 Å². The molecule has 2 aromatic carbocycles. The number of benzene rings is 2. The van der Waals surface area contributed by atoms with Gasteiger partial charge >= 0.3 is 0 Å². The molecular weight excluding hydrogens is 302 g/mol. The molecule has 3 rings (SSSR count). The second kappa shape index (κ2) is 6.40. The molecule has 0 aliphatic heterocycles. The van der Waals surface area contributed by atoms with Gasteiger partial charge in [0.25, 0.3) is 5.91 Å². The van der Waals surface area contributed by atoms with Crippen LogP contribution >= 0.6 is 0 Å². The van der Waals surface area contributed by atoms with E-state index in [0.717, 1.165) is 16.5 Å². The van der Waals surface area contributed by atoms with Crippen molar-refractivity contribution in [3.8, 4) is 5.75 Å². The number of fused-ring (bicyclic) bond motifs is 1. The average Bonchev–Trinajstić information content (AvgIpc) is 2.98. The van der Waals surface area contributed by atoms with E-state index in [9.17, 15) is 4.79 Å². The van der Waals surface area contributed by atoms with Crippen molar-refractivity contribution in [3.05, 3.63) is 64.9 Å². The molecule has 0 radical (unpaired) electrons. The van der Waals surface area contributed by atoms with Gasteiger partial charge in [0.2, 0.25) is 0 Å². The van der Waals surface area contributed by atoms with Crippen LogP contribution in [-0.4, -0.2) is 13.0 Å². The Labute approximate surface area is 141 Å². The summed E-state index contributed by atoms with van der Waals surface area (Å²) < 4.78 is 11.0. The van der Waals surface area contributed by atoms with Gasteiger partial charge in [0.15, 0.2) is 17.1 Å². The molecule has 0 aliphatic rings. The number of nitrogens with one attached hydrogen (secondary N) is 1. The first-order chi connectivity index (χ1) is 11.5. The Morgan fingerprint density at radius 1 is 1.17 bits per heavy atom. The summed E-state index contributed by atoms with van der Waals surface area (Å²) in [5.74, 6) is 0.667. The van der Waals surface area contributed by atoms with Crippen LogP contribution in [0.4, 0.5) is 0 Å². The van der Waals surface area contributed by atoms with Gasteiger partial charge < -0.3 is 14.5 Å². The number of ether oxygens (including phenoxy) is 1. The first kappa shape index (κ1) is 16.1. The lowest BCUT2D eigenvalue weighted by Crippen LogP contribution is -2.26. The number of para-hydroxylation sites is 1. The number of carbonyl (C=O) groups is 1. The normalized spacial score (nSPS) is 12.2. The molecule has 24 heavy (non-hydrogen) atoms. The van der Waals surface area contributed by atoms with Crippen molar-refractivity contribution in [2.45, 2.75) is 26.8 Å². The SMILES string of the molecule is COc1cccc2cc(C(=O)N[C@H](C)c3ccc(C)cc3C)oc12. The fourth-order valence-electron chi connectivity index (χ4n) is 2.97. The molecule has 0 saturated heterocycles. The lowest BCUT2D eigenvalue weighted by atomic mass is 10.0. The molecule has 3 aromatic rings. The number of hydrogen-bond donors (Lipinski definition) is 1. The van der Waals surface area contributed by atoms with Gasteiger partial charge in [0, 0.05) is 5.39 Å². The highest BCUT2D eigenvalue weighted by atomic mass is 16.5. The smallest absolute Gasteiger partial charge is 0.287 e. The number of furan rings is 1. The highest BCUT2D eigenvalue weighted by Crippen LogP contribution is 2.28. The fourth-order valence-corrected chi connectivity index (χ4v) is 2.97. The predicted octanol–water partition coefficient (Wildman–Crippen LogP) is 4.55. The molecule has 1 N–H and O–H groups in total. The minimum absolute atomic E-state index is 0.104. The zero-order valence-corrected chi connectivity index (χ0v) is 14.3. The van der Waals surface area contributed by atoms with Crippen molar-refractivity contribution in [3.63, 3.8) is 0 Å². The first-order valence-electron chi connectivity index (χ1n) is 7.94. The van der Waals surface area contributed by atoms with Crippen molar-refractivity contribution in [2.75, 3.05) is 7.11 Å². The summed E-state index contributed by atoms with van der Waals surface area (Å²) in [6.07, 6.45) is 0. The summed E-state index contributed by atoms with van der Waals surface area (Å²) in [7, 11) is 1.58. The van der Waals surface area contributed by atoms with Crippen molar-refractivity contribution in [2.24, 2.45) is 0 Å². The van der Waals surface area contributed by atoms with Crippen LogP contribution in [0.3, 0.4) is 0 Å². The maximum atomic E-state index is 12.5. The van der Waals surface area contributed by atoms with Gasteiger partial charge in [-0.25, -0.2) is 0 Å². The van der Waals surface area contributed by atoms with Crippen LogP contribution < -0.4 is 10.1 Å². The van der Waals surface area contributed by atoms with Crippen LogP contribution in [-0.2, 0) is 0 Å². The maximum Gasteiger partial charge on any atom is 0.287 e. The fraction of sp³-hybridized carbons (Fsp3) is 0.250. The average molecular weight is 323 g/mol. The summed E-state index contributed by atoms with van der Waals surface area (Å²) in [4.78, 5) is 12.5. The number of amides is 1. The Balaban J connectivity index is 1.84. The van der Waals surface area contributed by atoms with Gasteiger partial charge in [0.1, 0.15) is 0 Å². The Hall–Kier alpha value is -2.75. The Bertz CT molecular complexity index is 895. The topological polar surface area (TPSA) is 51.5 Å². The monoisotopic (exact) mass is 323 g/mol. The molecular formula is C20H21NO3. The largest absolute Gasteiger partial charge is 0.493 e. The molecule has 0 bridgehead atoms. The van der Waals surface area contributed by atoms with Gasteiger partial charge in [0.05, 0.1) is 13.2 Å². The van der Waals surface area contributed by atoms with E-state index in [1.165, 1.54) is 5.56 Å². The Kier molecular flexibility index (Phi) is 4.30. The third kappa shape index (κ3) is 3.00. The molecule has 0 saturated carbocycles. The van der Waals surface area contributed by atoms with Crippen LogP contribution in [0.25, 0.3) is 11.0 Å². The van der Waals surface area contributed by atoms with Gasteiger partial charge in [-0.2, -0.15) is 0 Å². The number of aryl methyl sites for hydroxylation is 2. The van der Waals surface area contributed by atoms with E-state index in [1.54, 1.807) is 13.2 Å². The van der Waals surface area contributed by atoms with E-state index in [4.69, 9.17) is 9.15 Å². The minimum Gasteiger partial charge on any atom is -0.493 e. The molecule has 1 atom stereocenters. The zero-order valence-electron chi connectivity index (χ0n) is 14.3. The van der Waals surface area contributed by atoms with Gasteiger partial charge in [-0.05, 0) is 44.0 Å². The van der Waals surface area contributed by atoms with Crippen molar-refractivity contribution in [1.82, 2.24) is 5.32 Å². The lowest BCUT2D eigenvalue weighted by Gasteiger charge is -2.16. The highest BCUT2D eigenvalue weighted by molar-refractivity contribution is 5.97. The Morgan fingerprint density at radius 2 is 1.96 bits per heavy atom. The standard InChI is InChI=1S/C20H21NO3/c1-12-8-9-16(13(2)10-12)14(3)21-20(22)18-11-15-6-5-7-17(23-4)19(15)24-18/h5-11,14H,1-4H3,(H,21,22)/t14-/m1/s1. The second-order valence-corrected chi connectivity index (χ2v) is 6.04. The van der Waals surface area contributed by atoms with E-state index in [0.29, 0.717) is 11.3 Å².